The van der Waals surface area contributed by atoms with Crippen molar-refractivity contribution in [2.45, 2.75) is 63.8 Å². The van der Waals surface area contributed by atoms with Crippen LogP contribution < -0.4 is 5.73 Å². The molecule has 2 N–H and O–H groups in total. The fourth-order valence-electron chi connectivity index (χ4n) is 4.29. The van der Waals surface area contributed by atoms with Crippen LogP contribution in [0.5, 0.6) is 0 Å². The number of likely N-dealkylation sites (N-methyl/N-ethyl adjacent to an activating group) is 1. The van der Waals surface area contributed by atoms with Crippen LogP contribution in [0.3, 0.4) is 0 Å². The summed E-state index contributed by atoms with van der Waals surface area (Å²) in [7, 11) is 2.33. The molecular formula is C17H35N3. The zero-order valence-corrected chi connectivity index (χ0v) is 13.7. The maximum atomic E-state index is 6.24. The van der Waals surface area contributed by atoms with Crippen molar-refractivity contribution < 1.29 is 0 Å². The van der Waals surface area contributed by atoms with Gasteiger partial charge in [0, 0.05) is 18.6 Å². The second kappa shape index (κ2) is 7.77. The second-order valence-electron chi connectivity index (χ2n) is 7.15. The summed E-state index contributed by atoms with van der Waals surface area (Å²) in [4.78, 5) is 5.28. The van der Waals surface area contributed by atoms with E-state index in [1.807, 2.05) is 0 Å². The molecule has 2 rings (SSSR count). The van der Waals surface area contributed by atoms with Crippen LogP contribution in [0.25, 0.3) is 0 Å². The summed E-state index contributed by atoms with van der Waals surface area (Å²) in [5.41, 5.74) is 6.51. The van der Waals surface area contributed by atoms with Gasteiger partial charge in [0.15, 0.2) is 0 Å². The molecule has 118 valence electrons. The number of hydrogen-bond acceptors (Lipinski definition) is 3. The number of rotatable bonds is 6. The highest BCUT2D eigenvalue weighted by Gasteiger charge is 2.36. The maximum Gasteiger partial charge on any atom is 0.0341 e. The molecule has 1 aliphatic carbocycles. The average Bonchev–Trinajstić information content (AvgIpc) is 2.86. The molecule has 2 aliphatic rings. The molecule has 1 saturated heterocycles. The van der Waals surface area contributed by atoms with Gasteiger partial charge in [-0.25, -0.2) is 0 Å². The molecule has 2 fully saturated rings. The van der Waals surface area contributed by atoms with Gasteiger partial charge >= 0.3 is 0 Å². The van der Waals surface area contributed by atoms with Crippen LogP contribution in [0.2, 0.25) is 0 Å². The Morgan fingerprint density at radius 3 is 2.55 bits per heavy atom. The summed E-state index contributed by atoms with van der Waals surface area (Å²) >= 11 is 0. The monoisotopic (exact) mass is 281 g/mol. The summed E-state index contributed by atoms with van der Waals surface area (Å²) in [5, 5.41) is 0. The third-order valence-electron chi connectivity index (χ3n) is 5.75. The summed E-state index contributed by atoms with van der Waals surface area (Å²) in [5.74, 6) is 0.929. The van der Waals surface area contributed by atoms with Crippen molar-refractivity contribution in [3.63, 3.8) is 0 Å². The Balaban J connectivity index is 1.93. The molecule has 0 spiro atoms. The van der Waals surface area contributed by atoms with E-state index >= 15 is 0 Å². The molecule has 3 nitrogen and oxygen atoms in total. The van der Waals surface area contributed by atoms with E-state index < -0.39 is 0 Å². The lowest BCUT2D eigenvalue weighted by Crippen LogP contribution is -2.53. The summed E-state index contributed by atoms with van der Waals surface area (Å²) in [6.45, 7) is 8.15. The number of hydrogen-bond donors (Lipinski definition) is 1. The SMILES string of the molecule is CCCN1CCCC(CN)(N(C)CC2CCCC2)CC1. The zero-order chi connectivity index (χ0) is 14.4. The van der Waals surface area contributed by atoms with Crippen molar-refractivity contribution in [3.8, 4) is 0 Å². The standard InChI is InChI=1S/C17H35N3/c1-3-11-20-12-6-9-17(15-18,10-13-20)19(2)14-16-7-4-5-8-16/h16H,3-15,18H2,1-2H3. The van der Waals surface area contributed by atoms with Crippen LogP contribution in [0.1, 0.15) is 58.3 Å². The molecule has 1 saturated carbocycles. The number of nitrogens with two attached hydrogens (primary N) is 1. The zero-order valence-electron chi connectivity index (χ0n) is 13.7. The van der Waals surface area contributed by atoms with E-state index in [2.05, 4.69) is 23.8 Å². The Morgan fingerprint density at radius 2 is 1.90 bits per heavy atom. The fourth-order valence-corrected chi connectivity index (χ4v) is 4.29. The van der Waals surface area contributed by atoms with E-state index in [9.17, 15) is 0 Å². The maximum absolute atomic E-state index is 6.24. The van der Waals surface area contributed by atoms with E-state index in [0.29, 0.717) is 0 Å². The van der Waals surface area contributed by atoms with Crippen molar-refractivity contribution >= 4 is 0 Å². The lowest BCUT2D eigenvalue weighted by atomic mass is 9.88. The predicted octanol–water partition coefficient (Wildman–Crippen LogP) is 2.70. The summed E-state index contributed by atoms with van der Waals surface area (Å²) in [6.07, 6.45) is 10.9. The predicted molar refractivity (Wildman–Crippen MR) is 87.0 cm³/mol. The minimum Gasteiger partial charge on any atom is -0.329 e. The molecule has 0 amide bonds. The van der Waals surface area contributed by atoms with Gasteiger partial charge in [-0.2, -0.15) is 0 Å². The van der Waals surface area contributed by atoms with Gasteiger partial charge in [0.1, 0.15) is 0 Å². The van der Waals surface area contributed by atoms with E-state index in [0.717, 1.165) is 12.5 Å². The van der Waals surface area contributed by atoms with Crippen molar-refractivity contribution in [1.82, 2.24) is 9.80 Å². The highest BCUT2D eigenvalue weighted by atomic mass is 15.2. The minimum atomic E-state index is 0.269. The van der Waals surface area contributed by atoms with Crippen LogP contribution in [0.15, 0.2) is 0 Å². The topological polar surface area (TPSA) is 32.5 Å². The smallest absolute Gasteiger partial charge is 0.0341 e. The lowest BCUT2D eigenvalue weighted by Gasteiger charge is -2.42. The van der Waals surface area contributed by atoms with Crippen LogP contribution in [0.4, 0.5) is 0 Å². The molecule has 0 aromatic heterocycles. The molecule has 1 atom stereocenters. The third kappa shape index (κ3) is 3.96. The molecule has 0 aromatic carbocycles. The van der Waals surface area contributed by atoms with Gasteiger partial charge in [0.05, 0.1) is 0 Å². The van der Waals surface area contributed by atoms with Gasteiger partial charge in [0.2, 0.25) is 0 Å². The molecule has 1 unspecified atom stereocenters. The summed E-state index contributed by atoms with van der Waals surface area (Å²) < 4.78 is 0. The van der Waals surface area contributed by atoms with Crippen molar-refractivity contribution in [1.29, 1.82) is 0 Å². The van der Waals surface area contributed by atoms with Crippen LogP contribution >= 0.6 is 0 Å². The van der Waals surface area contributed by atoms with Crippen LogP contribution in [0, 0.1) is 5.92 Å². The van der Waals surface area contributed by atoms with E-state index in [-0.39, 0.29) is 5.54 Å². The van der Waals surface area contributed by atoms with Crippen LogP contribution in [-0.2, 0) is 0 Å². The van der Waals surface area contributed by atoms with Crippen molar-refractivity contribution in [2.24, 2.45) is 11.7 Å². The fraction of sp³-hybridized carbons (Fsp3) is 1.00. The highest BCUT2D eigenvalue weighted by molar-refractivity contribution is 4.94. The number of nitrogens with zero attached hydrogens (tertiary/aromatic N) is 2. The van der Waals surface area contributed by atoms with Gasteiger partial charge in [-0.1, -0.05) is 19.8 Å². The molecule has 0 bridgehead atoms. The molecule has 0 radical (unpaired) electrons. The first-order valence-corrected chi connectivity index (χ1v) is 8.84. The van der Waals surface area contributed by atoms with Crippen LogP contribution in [-0.4, -0.2) is 55.1 Å². The first kappa shape index (κ1) is 16.3. The largest absolute Gasteiger partial charge is 0.329 e. The van der Waals surface area contributed by atoms with Crippen molar-refractivity contribution in [3.05, 3.63) is 0 Å². The quantitative estimate of drug-likeness (QED) is 0.812. The first-order chi connectivity index (χ1) is 9.70. The van der Waals surface area contributed by atoms with E-state index in [1.165, 1.54) is 77.5 Å². The summed E-state index contributed by atoms with van der Waals surface area (Å²) in [6, 6.07) is 0. The molecular weight excluding hydrogens is 246 g/mol. The Kier molecular flexibility index (Phi) is 6.31. The average molecular weight is 281 g/mol. The van der Waals surface area contributed by atoms with Gasteiger partial charge in [-0.15, -0.1) is 0 Å². The van der Waals surface area contributed by atoms with Gasteiger partial charge in [-0.05, 0) is 71.1 Å². The number of likely N-dealkylation sites (tertiary alicyclic amines) is 1. The van der Waals surface area contributed by atoms with E-state index in [1.54, 1.807) is 0 Å². The molecule has 3 heteroatoms. The Bertz CT molecular complexity index is 275. The lowest BCUT2D eigenvalue weighted by molar-refractivity contribution is 0.0896. The Morgan fingerprint density at radius 1 is 1.15 bits per heavy atom. The molecule has 20 heavy (non-hydrogen) atoms. The molecule has 1 aliphatic heterocycles. The highest BCUT2D eigenvalue weighted by Crippen LogP contribution is 2.31. The first-order valence-electron chi connectivity index (χ1n) is 8.84. The normalized spacial score (nSPS) is 30.0. The second-order valence-corrected chi connectivity index (χ2v) is 7.15. The van der Waals surface area contributed by atoms with Gasteiger partial charge < -0.3 is 10.6 Å². The van der Waals surface area contributed by atoms with Gasteiger partial charge in [0.25, 0.3) is 0 Å². The molecule has 0 aromatic rings. The van der Waals surface area contributed by atoms with E-state index in [4.69, 9.17) is 5.73 Å². The minimum absolute atomic E-state index is 0.269. The van der Waals surface area contributed by atoms with Gasteiger partial charge in [-0.3, -0.25) is 4.90 Å². The molecule has 1 heterocycles. The van der Waals surface area contributed by atoms with Crippen molar-refractivity contribution in [2.75, 3.05) is 39.8 Å². The third-order valence-corrected chi connectivity index (χ3v) is 5.75. The Hall–Kier alpha value is -0.120. The Labute approximate surface area is 125 Å².